The standard InChI is InChI=1S/C15H18ClNO/c1-11(10-13-6-5-9-18-13)17-12(2)14-7-3-4-8-15(14)16/h3-9,11-12,17H,10H2,1-2H3/t11?,12-/m0/s1. The van der Waals surface area contributed by atoms with E-state index in [1.807, 2.05) is 30.3 Å². The van der Waals surface area contributed by atoms with E-state index < -0.39 is 0 Å². The average Bonchev–Trinajstić information content (AvgIpc) is 2.82. The molecular weight excluding hydrogens is 246 g/mol. The third kappa shape index (κ3) is 3.37. The van der Waals surface area contributed by atoms with E-state index in [9.17, 15) is 0 Å². The Hall–Kier alpha value is -1.25. The first kappa shape index (κ1) is 13.2. The summed E-state index contributed by atoms with van der Waals surface area (Å²) in [5.74, 6) is 1.00. The van der Waals surface area contributed by atoms with Crippen LogP contribution in [0.25, 0.3) is 0 Å². The van der Waals surface area contributed by atoms with Gasteiger partial charge in [0.15, 0.2) is 0 Å². The zero-order chi connectivity index (χ0) is 13.0. The monoisotopic (exact) mass is 263 g/mol. The zero-order valence-corrected chi connectivity index (χ0v) is 11.4. The Balaban J connectivity index is 1.95. The van der Waals surface area contributed by atoms with Crippen LogP contribution in [0.5, 0.6) is 0 Å². The molecule has 0 fully saturated rings. The molecule has 96 valence electrons. The van der Waals surface area contributed by atoms with E-state index in [1.165, 1.54) is 0 Å². The topological polar surface area (TPSA) is 25.2 Å². The minimum atomic E-state index is 0.226. The summed E-state index contributed by atoms with van der Waals surface area (Å²) in [4.78, 5) is 0. The summed E-state index contributed by atoms with van der Waals surface area (Å²) in [5, 5.41) is 4.34. The number of furan rings is 1. The molecule has 0 spiro atoms. The Kier molecular flexibility index (Phi) is 4.45. The van der Waals surface area contributed by atoms with E-state index in [1.54, 1.807) is 6.26 Å². The highest BCUT2D eigenvalue weighted by atomic mass is 35.5. The van der Waals surface area contributed by atoms with Crippen molar-refractivity contribution in [3.05, 3.63) is 59.0 Å². The van der Waals surface area contributed by atoms with Gasteiger partial charge in [0.25, 0.3) is 0 Å². The van der Waals surface area contributed by atoms with Crippen molar-refractivity contribution in [2.24, 2.45) is 0 Å². The normalized spacial score (nSPS) is 14.4. The molecule has 1 aromatic carbocycles. The van der Waals surface area contributed by atoms with Crippen LogP contribution in [0, 0.1) is 0 Å². The minimum Gasteiger partial charge on any atom is -0.469 e. The fraction of sp³-hybridized carbons (Fsp3) is 0.333. The first-order chi connectivity index (χ1) is 8.66. The summed E-state index contributed by atoms with van der Waals surface area (Å²) >= 11 is 6.19. The summed E-state index contributed by atoms with van der Waals surface area (Å²) in [7, 11) is 0. The lowest BCUT2D eigenvalue weighted by Crippen LogP contribution is -2.30. The lowest BCUT2D eigenvalue weighted by molar-refractivity contribution is 0.429. The molecule has 0 saturated heterocycles. The predicted octanol–water partition coefficient (Wildman–Crippen LogP) is 4.21. The van der Waals surface area contributed by atoms with Gasteiger partial charge < -0.3 is 9.73 Å². The first-order valence-corrected chi connectivity index (χ1v) is 6.57. The number of hydrogen-bond acceptors (Lipinski definition) is 2. The summed E-state index contributed by atoms with van der Waals surface area (Å²) in [6.07, 6.45) is 2.58. The molecule has 2 atom stereocenters. The number of hydrogen-bond donors (Lipinski definition) is 1. The highest BCUT2D eigenvalue weighted by Crippen LogP contribution is 2.22. The van der Waals surface area contributed by atoms with Crippen molar-refractivity contribution in [1.82, 2.24) is 5.32 Å². The maximum Gasteiger partial charge on any atom is 0.105 e. The van der Waals surface area contributed by atoms with E-state index in [0.717, 1.165) is 22.8 Å². The highest BCUT2D eigenvalue weighted by Gasteiger charge is 2.13. The fourth-order valence-corrected chi connectivity index (χ4v) is 2.43. The minimum absolute atomic E-state index is 0.226. The van der Waals surface area contributed by atoms with E-state index in [2.05, 4.69) is 25.2 Å². The van der Waals surface area contributed by atoms with Gasteiger partial charge in [0, 0.05) is 23.5 Å². The average molecular weight is 264 g/mol. The van der Waals surface area contributed by atoms with Crippen LogP contribution >= 0.6 is 11.6 Å². The Morgan fingerprint density at radius 3 is 2.61 bits per heavy atom. The van der Waals surface area contributed by atoms with Gasteiger partial charge in [0.2, 0.25) is 0 Å². The van der Waals surface area contributed by atoms with Crippen molar-refractivity contribution >= 4 is 11.6 Å². The van der Waals surface area contributed by atoms with Crippen molar-refractivity contribution in [2.45, 2.75) is 32.4 Å². The van der Waals surface area contributed by atoms with Crippen molar-refractivity contribution in [2.75, 3.05) is 0 Å². The van der Waals surface area contributed by atoms with Crippen LogP contribution in [-0.4, -0.2) is 6.04 Å². The van der Waals surface area contributed by atoms with Crippen molar-refractivity contribution in [1.29, 1.82) is 0 Å². The second-order valence-electron chi connectivity index (χ2n) is 4.59. The van der Waals surface area contributed by atoms with Crippen LogP contribution in [0.15, 0.2) is 47.1 Å². The molecule has 0 aliphatic rings. The van der Waals surface area contributed by atoms with Crippen LogP contribution in [0.1, 0.15) is 31.2 Å². The SMILES string of the molecule is CC(Cc1ccco1)N[C@@H](C)c1ccccc1Cl. The van der Waals surface area contributed by atoms with Crippen LogP contribution in [-0.2, 0) is 6.42 Å². The number of benzene rings is 1. The maximum atomic E-state index is 6.19. The van der Waals surface area contributed by atoms with Crippen LogP contribution in [0.3, 0.4) is 0 Å². The third-order valence-corrected chi connectivity index (χ3v) is 3.34. The second kappa shape index (κ2) is 6.07. The molecule has 0 saturated carbocycles. The zero-order valence-electron chi connectivity index (χ0n) is 10.7. The molecule has 0 aliphatic carbocycles. The molecule has 18 heavy (non-hydrogen) atoms. The molecular formula is C15H18ClNO. The van der Waals surface area contributed by atoms with E-state index >= 15 is 0 Å². The molecule has 1 heterocycles. The third-order valence-electron chi connectivity index (χ3n) is 2.99. The molecule has 0 amide bonds. The van der Waals surface area contributed by atoms with Gasteiger partial charge in [-0.15, -0.1) is 0 Å². The van der Waals surface area contributed by atoms with Gasteiger partial charge in [-0.2, -0.15) is 0 Å². The summed E-state index contributed by atoms with van der Waals surface area (Å²) in [6.45, 7) is 4.27. The molecule has 2 aromatic rings. The smallest absolute Gasteiger partial charge is 0.105 e. The molecule has 2 rings (SSSR count). The number of rotatable bonds is 5. The molecule has 2 nitrogen and oxygen atoms in total. The van der Waals surface area contributed by atoms with Gasteiger partial charge in [0.05, 0.1) is 6.26 Å². The Morgan fingerprint density at radius 2 is 1.94 bits per heavy atom. The lowest BCUT2D eigenvalue weighted by atomic mass is 10.1. The Labute approximate surface area is 113 Å². The molecule has 0 bridgehead atoms. The van der Waals surface area contributed by atoms with Crippen LogP contribution in [0.4, 0.5) is 0 Å². The van der Waals surface area contributed by atoms with Crippen LogP contribution < -0.4 is 5.32 Å². The van der Waals surface area contributed by atoms with Crippen molar-refractivity contribution < 1.29 is 4.42 Å². The summed E-state index contributed by atoms with van der Waals surface area (Å²) < 4.78 is 5.35. The van der Waals surface area contributed by atoms with Gasteiger partial charge in [-0.3, -0.25) is 0 Å². The number of nitrogens with one attached hydrogen (secondary N) is 1. The highest BCUT2D eigenvalue weighted by molar-refractivity contribution is 6.31. The second-order valence-corrected chi connectivity index (χ2v) is 5.00. The van der Waals surface area contributed by atoms with Gasteiger partial charge in [-0.25, -0.2) is 0 Å². The number of halogens is 1. The fourth-order valence-electron chi connectivity index (χ4n) is 2.13. The predicted molar refractivity (Wildman–Crippen MR) is 74.9 cm³/mol. The van der Waals surface area contributed by atoms with E-state index in [-0.39, 0.29) is 6.04 Å². The van der Waals surface area contributed by atoms with Crippen molar-refractivity contribution in [3.8, 4) is 0 Å². The lowest BCUT2D eigenvalue weighted by Gasteiger charge is -2.20. The van der Waals surface area contributed by atoms with Crippen molar-refractivity contribution in [3.63, 3.8) is 0 Å². The van der Waals surface area contributed by atoms with Gasteiger partial charge in [-0.05, 0) is 37.6 Å². The molecule has 3 heteroatoms. The largest absolute Gasteiger partial charge is 0.469 e. The summed E-state index contributed by atoms with van der Waals surface area (Å²) in [5.41, 5.74) is 1.13. The van der Waals surface area contributed by atoms with E-state index in [0.29, 0.717) is 6.04 Å². The van der Waals surface area contributed by atoms with Gasteiger partial charge in [0.1, 0.15) is 5.76 Å². The first-order valence-electron chi connectivity index (χ1n) is 6.19. The molecule has 0 aliphatic heterocycles. The van der Waals surface area contributed by atoms with E-state index in [4.69, 9.17) is 16.0 Å². The Morgan fingerprint density at radius 1 is 1.17 bits per heavy atom. The van der Waals surface area contributed by atoms with Gasteiger partial charge >= 0.3 is 0 Å². The Bertz CT molecular complexity index is 481. The molecule has 1 aromatic heterocycles. The molecule has 1 N–H and O–H groups in total. The molecule has 0 radical (unpaired) electrons. The maximum absolute atomic E-state index is 6.19. The quantitative estimate of drug-likeness (QED) is 0.874. The van der Waals surface area contributed by atoms with Crippen LogP contribution in [0.2, 0.25) is 5.02 Å². The molecule has 1 unspecified atom stereocenters. The summed E-state index contributed by atoms with van der Waals surface area (Å²) in [6, 6.07) is 12.4. The van der Waals surface area contributed by atoms with Gasteiger partial charge in [-0.1, -0.05) is 29.8 Å².